The molecule has 0 aliphatic carbocycles. The predicted molar refractivity (Wildman–Crippen MR) is 100 cm³/mol. The first-order valence-corrected chi connectivity index (χ1v) is 10.4. The van der Waals surface area contributed by atoms with Crippen molar-refractivity contribution >= 4 is 20.9 Å². The van der Waals surface area contributed by atoms with E-state index in [2.05, 4.69) is 13.8 Å². The second kappa shape index (κ2) is 8.63. The van der Waals surface area contributed by atoms with Crippen molar-refractivity contribution in [3.8, 4) is 0 Å². The van der Waals surface area contributed by atoms with E-state index in [1.165, 1.54) is 12.0 Å². The maximum atomic E-state index is 11.9. The molecule has 2 aromatic carbocycles. The molecule has 0 amide bonds. The minimum atomic E-state index is -4.22. The lowest BCUT2D eigenvalue weighted by Gasteiger charge is -2.16. The Morgan fingerprint density at radius 2 is 1.46 bits per heavy atom. The highest BCUT2D eigenvalue weighted by Crippen LogP contribution is 2.31. The Morgan fingerprint density at radius 3 is 2.04 bits per heavy atom. The average Bonchev–Trinajstić information content (AvgIpc) is 2.55. The molecule has 0 fully saturated rings. The van der Waals surface area contributed by atoms with Crippen LogP contribution in [0.4, 0.5) is 0 Å². The van der Waals surface area contributed by atoms with E-state index in [9.17, 15) is 13.0 Å². The van der Waals surface area contributed by atoms with E-state index >= 15 is 0 Å². The van der Waals surface area contributed by atoms with E-state index in [1.54, 1.807) is 12.1 Å². The van der Waals surface area contributed by atoms with Gasteiger partial charge in [0.1, 0.15) is 4.90 Å². The maximum absolute atomic E-state index is 11.9. The molecule has 0 bridgehead atoms. The highest BCUT2D eigenvalue weighted by molar-refractivity contribution is 7.86. The highest BCUT2D eigenvalue weighted by atomic mass is 32.2. The van der Waals surface area contributed by atoms with Gasteiger partial charge in [0.05, 0.1) is 0 Å². The zero-order valence-corrected chi connectivity index (χ0v) is 15.5. The van der Waals surface area contributed by atoms with Gasteiger partial charge >= 0.3 is 0 Å². The lowest BCUT2D eigenvalue weighted by atomic mass is 9.92. The topological polar surface area (TPSA) is 54.4 Å². The number of benzene rings is 2. The van der Waals surface area contributed by atoms with Gasteiger partial charge in [-0.25, -0.2) is 0 Å². The van der Waals surface area contributed by atoms with Crippen LogP contribution in [0.25, 0.3) is 10.8 Å². The van der Waals surface area contributed by atoms with Crippen LogP contribution in [0.5, 0.6) is 0 Å². The zero-order valence-electron chi connectivity index (χ0n) is 14.7. The van der Waals surface area contributed by atoms with Gasteiger partial charge < -0.3 is 0 Å². The molecule has 0 unspecified atom stereocenters. The summed E-state index contributed by atoms with van der Waals surface area (Å²) < 4.78 is 33.4. The fourth-order valence-corrected chi connectivity index (χ4v) is 4.05. The molecule has 0 saturated carbocycles. The number of aryl methyl sites for hydroxylation is 2. The molecule has 24 heavy (non-hydrogen) atoms. The third-order valence-electron chi connectivity index (χ3n) is 4.57. The third kappa shape index (κ3) is 4.58. The number of fused-ring (bicyclic) bond motifs is 1. The van der Waals surface area contributed by atoms with Gasteiger partial charge in [-0.05, 0) is 48.3 Å². The lowest BCUT2D eigenvalue weighted by molar-refractivity contribution is 0.484. The molecule has 0 aliphatic rings. The quantitative estimate of drug-likeness (QED) is 0.477. The SMILES string of the molecule is CCCCCc1cc(S(=O)(=O)O)c2ccccc2c1CCCCC. The Balaban J connectivity index is 2.58. The summed E-state index contributed by atoms with van der Waals surface area (Å²) >= 11 is 0. The van der Waals surface area contributed by atoms with Crippen LogP contribution in [0.15, 0.2) is 35.2 Å². The molecular formula is C20H28O3S. The summed E-state index contributed by atoms with van der Waals surface area (Å²) in [5.41, 5.74) is 2.33. The first-order chi connectivity index (χ1) is 11.5. The van der Waals surface area contributed by atoms with Gasteiger partial charge in [0.2, 0.25) is 0 Å². The van der Waals surface area contributed by atoms with Crippen molar-refractivity contribution in [1.82, 2.24) is 0 Å². The fraction of sp³-hybridized carbons (Fsp3) is 0.500. The van der Waals surface area contributed by atoms with Gasteiger partial charge in [0, 0.05) is 5.39 Å². The standard InChI is InChI=1S/C20H28O3S/c1-3-5-7-11-16-15-20(24(21,22)23)19-14-10-9-13-18(19)17(16)12-8-6-4-2/h9-10,13-15H,3-8,11-12H2,1-2H3,(H,21,22,23). The van der Waals surface area contributed by atoms with E-state index in [0.29, 0.717) is 5.39 Å². The molecule has 1 N–H and O–H groups in total. The summed E-state index contributed by atoms with van der Waals surface area (Å²) in [5, 5.41) is 1.60. The average molecular weight is 349 g/mol. The van der Waals surface area contributed by atoms with E-state index in [-0.39, 0.29) is 4.90 Å². The number of rotatable bonds is 9. The van der Waals surface area contributed by atoms with Gasteiger partial charge in [-0.3, -0.25) is 4.55 Å². The first kappa shape index (κ1) is 18.9. The van der Waals surface area contributed by atoms with Crippen LogP contribution in [-0.4, -0.2) is 13.0 Å². The van der Waals surface area contributed by atoms with Gasteiger partial charge in [-0.2, -0.15) is 8.42 Å². The van der Waals surface area contributed by atoms with Crippen LogP contribution in [-0.2, 0) is 23.0 Å². The van der Waals surface area contributed by atoms with E-state index in [0.717, 1.165) is 55.9 Å². The lowest BCUT2D eigenvalue weighted by Crippen LogP contribution is -2.05. The van der Waals surface area contributed by atoms with Gasteiger partial charge in [0.25, 0.3) is 10.1 Å². The number of hydrogen-bond donors (Lipinski definition) is 1. The summed E-state index contributed by atoms with van der Waals surface area (Å²) in [6, 6.07) is 9.24. The molecule has 0 aliphatic heterocycles. The second-order valence-corrected chi connectivity index (χ2v) is 7.84. The zero-order chi connectivity index (χ0) is 17.6. The van der Waals surface area contributed by atoms with Crippen molar-refractivity contribution in [2.45, 2.75) is 70.1 Å². The van der Waals surface area contributed by atoms with E-state index < -0.39 is 10.1 Å². The molecule has 4 heteroatoms. The minimum absolute atomic E-state index is 0.0452. The highest BCUT2D eigenvalue weighted by Gasteiger charge is 2.19. The maximum Gasteiger partial charge on any atom is 0.295 e. The Kier molecular flexibility index (Phi) is 6.81. The van der Waals surface area contributed by atoms with Gasteiger partial charge in [0.15, 0.2) is 0 Å². The van der Waals surface area contributed by atoms with Crippen LogP contribution in [0, 0.1) is 0 Å². The smallest absolute Gasteiger partial charge is 0.282 e. The van der Waals surface area contributed by atoms with E-state index in [4.69, 9.17) is 0 Å². The molecule has 0 heterocycles. The Labute approximate surface area is 145 Å². The fourth-order valence-electron chi connectivity index (χ4n) is 3.31. The molecular weight excluding hydrogens is 320 g/mol. The van der Waals surface area contributed by atoms with Gasteiger partial charge in [-0.1, -0.05) is 63.8 Å². The summed E-state index contributed by atoms with van der Waals surface area (Å²) in [4.78, 5) is 0.0452. The van der Waals surface area contributed by atoms with Gasteiger partial charge in [-0.15, -0.1) is 0 Å². The Hall–Kier alpha value is -1.39. The summed E-state index contributed by atoms with van der Waals surface area (Å²) in [7, 11) is -4.22. The molecule has 0 saturated heterocycles. The van der Waals surface area contributed by atoms with Crippen LogP contribution >= 0.6 is 0 Å². The predicted octanol–water partition coefficient (Wildman–Crippen LogP) is 5.55. The van der Waals surface area contributed by atoms with Crippen molar-refractivity contribution in [2.24, 2.45) is 0 Å². The molecule has 3 nitrogen and oxygen atoms in total. The van der Waals surface area contributed by atoms with Crippen molar-refractivity contribution in [1.29, 1.82) is 0 Å². The largest absolute Gasteiger partial charge is 0.295 e. The van der Waals surface area contributed by atoms with Crippen LogP contribution < -0.4 is 0 Å². The van der Waals surface area contributed by atoms with Crippen LogP contribution in [0.2, 0.25) is 0 Å². The molecule has 2 rings (SSSR count). The first-order valence-electron chi connectivity index (χ1n) is 9.00. The molecule has 0 spiro atoms. The van der Waals surface area contributed by atoms with Crippen LogP contribution in [0.1, 0.15) is 63.5 Å². The molecule has 132 valence electrons. The van der Waals surface area contributed by atoms with Crippen molar-refractivity contribution in [2.75, 3.05) is 0 Å². The molecule has 0 radical (unpaired) electrons. The molecule has 2 aromatic rings. The number of unbranched alkanes of at least 4 members (excludes halogenated alkanes) is 4. The molecule has 0 atom stereocenters. The Bertz CT molecular complexity index is 779. The van der Waals surface area contributed by atoms with Crippen molar-refractivity contribution in [3.05, 3.63) is 41.5 Å². The second-order valence-electron chi connectivity index (χ2n) is 6.45. The van der Waals surface area contributed by atoms with E-state index in [1.807, 2.05) is 18.2 Å². The van der Waals surface area contributed by atoms with Crippen molar-refractivity contribution < 1.29 is 13.0 Å². The Morgan fingerprint density at radius 1 is 0.875 bits per heavy atom. The normalized spacial score (nSPS) is 12.0. The summed E-state index contributed by atoms with van der Waals surface area (Å²) in [6.07, 6.45) is 8.55. The monoisotopic (exact) mass is 348 g/mol. The minimum Gasteiger partial charge on any atom is -0.282 e. The summed E-state index contributed by atoms with van der Waals surface area (Å²) in [5.74, 6) is 0. The molecule has 0 aromatic heterocycles. The third-order valence-corrected chi connectivity index (χ3v) is 5.46. The summed E-state index contributed by atoms with van der Waals surface area (Å²) in [6.45, 7) is 4.34. The van der Waals surface area contributed by atoms with Crippen LogP contribution in [0.3, 0.4) is 0 Å². The number of hydrogen-bond acceptors (Lipinski definition) is 2. The van der Waals surface area contributed by atoms with Crippen molar-refractivity contribution in [3.63, 3.8) is 0 Å².